The second kappa shape index (κ2) is 5.39. The Balaban J connectivity index is 0. The van der Waals surface area contributed by atoms with Crippen molar-refractivity contribution in [1.29, 1.82) is 0 Å². The van der Waals surface area contributed by atoms with E-state index in [-0.39, 0.29) is 27.5 Å². The molecule has 0 aromatic rings. The molecule has 0 spiro atoms. The van der Waals surface area contributed by atoms with E-state index in [1.165, 1.54) is 0 Å². The third-order valence-electron chi connectivity index (χ3n) is 0.142. The predicted octanol–water partition coefficient (Wildman–Crippen LogP) is -1.31. The number of nitrogens with one attached hydrogen (secondary N) is 1. The smallest absolute Gasteiger partial charge is 0.177 e. The summed E-state index contributed by atoms with van der Waals surface area (Å²) >= 11 is 4.24. The van der Waals surface area contributed by atoms with Crippen LogP contribution in [0.25, 0.3) is 0 Å². The molecule has 0 atom stereocenters. The van der Waals surface area contributed by atoms with Gasteiger partial charge in [0.2, 0.25) is 0 Å². The summed E-state index contributed by atoms with van der Waals surface area (Å²) in [4.78, 5) is 0. The first-order valence-corrected chi connectivity index (χ1v) is 1.44. The SMILES string of the molecule is NNC(N)=S.[Ag]. The molecule has 5 N–H and O–H groups in total. The Kier molecular flexibility index (Phi) is 8.65. The molecule has 3 nitrogen and oxygen atoms in total. The van der Waals surface area contributed by atoms with Crippen molar-refractivity contribution in [3.05, 3.63) is 0 Å². The summed E-state index contributed by atoms with van der Waals surface area (Å²) in [6.07, 6.45) is 0. The summed E-state index contributed by atoms with van der Waals surface area (Å²) in [5.41, 5.74) is 6.82. The molecule has 0 unspecified atom stereocenters. The summed E-state index contributed by atoms with van der Waals surface area (Å²) in [6, 6.07) is 0. The molecule has 0 aromatic carbocycles. The zero-order valence-electron chi connectivity index (χ0n) is 2.86. The maximum Gasteiger partial charge on any atom is 0.177 e. The van der Waals surface area contributed by atoms with E-state index >= 15 is 0 Å². The van der Waals surface area contributed by atoms with Crippen molar-refractivity contribution in [3.63, 3.8) is 0 Å². The predicted molar refractivity (Wildman–Crippen MR) is 24.1 cm³/mol. The van der Waals surface area contributed by atoms with Crippen LogP contribution in [0.1, 0.15) is 0 Å². The Labute approximate surface area is 56.9 Å². The second-order valence-corrected chi connectivity index (χ2v) is 0.948. The van der Waals surface area contributed by atoms with Crippen LogP contribution in [0, 0.1) is 0 Å². The van der Waals surface area contributed by atoms with E-state index < -0.39 is 0 Å². The van der Waals surface area contributed by atoms with Crippen LogP contribution < -0.4 is 17.0 Å². The molecule has 0 rings (SSSR count). The standard InChI is InChI=1S/CH5N3S.Ag/c2-1(5)4-3;/h3H2,(H3,2,4,5);. The van der Waals surface area contributed by atoms with Crippen LogP contribution in [0.3, 0.4) is 0 Å². The fourth-order valence-corrected chi connectivity index (χ4v) is 0. The number of rotatable bonds is 0. The molecule has 0 aliphatic heterocycles. The molecule has 5 heteroatoms. The third-order valence-corrected chi connectivity index (χ3v) is 0.260. The van der Waals surface area contributed by atoms with Crippen LogP contribution in [-0.4, -0.2) is 5.11 Å². The number of hydrogen-bond donors (Lipinski definition) is 3. The summed E-state index contributed by atoms with van der Waals surface area (Å²) in [6.45, 7) is 0. The van der Waals surface area contributed by atoms with Crippen LogP contribution in [0.2, 0.25) is 0 Å². The van der Waals surface area contributed by atoms with Crippen LogP contribution in [0.5, 0.6) is 0 Å². The number of hydrazine groups is 1. The molecule has 0 aliphatic rings. The van der Waals surface area contributed by atoms with Crippen molar-refractivity contribution >= 4 is 17.3 Å². The van der Waals surface area contributed by atoms with E-state index in [0.717, 1.165) is 0 Å². The van der Waals surface area contributed by atoms with Gasteiger partial charge in [-0.25, -0.2) is 5.84 Å². The molecular formula is CH5AgN3S. The van der Waals surface area contributed by atoms with Crippen LogP contribution in [0.15, 0.2) is 0 Å². The Bertz CT molecular complexity index is 46.1. The number of thiocarbonyl (C=S) groups is 1. The Hall–Kier alpha value is 0.390. The van der Waals surface area contributed by atoms with Crippen molar-refractivity contribution in [3.8, 4) is 0 Å². The zero-order valence-corrected chi connectivity index (χ0v) is 5.16. The van der Waals surface area contributed by atoms with Gasteiger partial charge in [-0.3, -0.25) is 0 Å². The molecule has 0 bridgehead atoms. The fraction of sp³-hybridized carbons (Fsp3) is 0. The quantitative estimate of drug-likeness (QED) is 0.196. The van der Waals surface area contributed by atoms with E-state index in [4.69, 9.17) is 5.73 Å². The van der Waals surface area contributed by atoms with Crippen LogP contribution >= 0.6 is 12.2 Å². The first-order valence-electron chi connectivity index (χ1n) is 1.03. The number of hydrogen-bond acceptors (Lipinski definition) is 2. The average molecular weight is 199 g/mol. The van der Waals surface area contributed by atoms with Gasteiger partial charge in [-0.05, 0) is 12.2 Å². The van der Waals surface area contributed by atoms with Gasteiger partial charge in [0.25, 0.3) is 0 Å². The van der Waals surface area contributed by atoms with Crippen LogP contribution in [0.4, 0.5) is 0 Å². The molecule has 0 aliphatic carbocycles. The van der Waals surface area contributed by atoms with Crippen molar-refractivity contribution in [2.75, 3.05) is 0 Å². The molecule has 0 saturated carbocycles. The van der Waals surface area contributed by atoms with Gasteiger partial charge in [0.15, 0.2) is 5.11 Å². The minimum atomic E-state index is 0. The van der Waals surface area contributed by atoms with E-state index in [1.807, 2.05) is 5.43 Å². The molecule has 0 aromatic heterocycles. The third kappa shape index (κ3) is 8.83. The Morgan fingerprint density at radius 1 is 1.67 bits per heavy atom. The van der Waals surface area contributed by atoms with Gasteiger partial charge in [0.1, 0.15) is 0 Å². The van der Waals surface area contributed by atoms with Gasteiger partial charge in [0.05, 0.1) is 0 Å². The summed E-state index contributed by atoms with van der Waals surface area (Å²) in [5, 5.41) is 0.116. The largest absolute Gasteiger partial charge is 0.375 e. The minimum Gasteiger partial charge on any atom is -0.375 e. The van der Waals surface area contributed by atoms with Gasteiger partial charge in [0, 0.05) is 22.4 Å². The minimum absolute atomic E-state index is 0. The molecule has 6 heavy (non-hydrogen) atoms. The van der Waals surface area contributed by atoms with Gasteiger partial charge in [-0.2, -0.15) is 0 Å². The average Bonchev–Trinajstić information content (AvgIpc) is 1.38. The number of nitrogens with two attached hydrogens (primary N) is 2. The maximum atomic E-state index is 4.79. The fourth-order valence-electron chi connectivity index (χ4n) is 0. The van der Waals surface area contributed by atoms with Crippen molar-refractivity contribution < 1.29 is 22.4 Å². The Morgan fingerprint density at radius 3 is 1.83 bits per heavy atom. The van der Waals surface area contributed by atoms with E-state index in [9.17, 15) is 0 Å². The Morgan fingerprint density at radius 2 is 1.83 bits per heavy atom. The normalized spacial score (nSPS) is 5.50. The van der Waals surface area contributed by atoms with Crippen molar-refractivity contribution in [2.45, 2.75) is 0 Å². The van der Waals surface area contributed by atoms with Gasteiger partial charge < -0.3 is 11.2 Å². The zero-order chi connectivity index (χ0) is 4.28. The molecule has 0 amide bonds. The molecule has 0 fully saturated rings. The summed E-state index contributed by atoms with van der Waals surface area (Å²) < 4.78 is 0. The van der Waals surface area contributed by atoms with Crippen LogP contribution in [-0.2, 0) is 22.4 Å². The van der Waals surface area contributed by atoms with Gasteiger partial charge in [-0.1, -0.05) is 0 Å². The molecular weight excluding hydrogens is 194 g/mol. The second-order valence-electron chi connectivity index (χ2n) is 0.509. The first kappa shape index (κ1) is 9.63. The molecule has 1 radical (unpaired) electrons. The maximum absolute atomic E-state index is 4.79. The van der Waals surface area contributed by atoms with Gasteiger partial charge in [-0.15, -0.1) is 0 Å². The van der Waals surface area contributed by atoms with Gasteiger partial charge >= 0.3 is 0 Å². The molecule has 41 valence electrons. The molecule has 0 saturated heterocycles. The molecule has 0 heterocycles. The topological polar surface area (TPSA) is 64.1 Å². The monoisotopic (exact) mass is 198 g/mol. The summed E-state index contributed by atoms with van der Waals surface area (Å²) in [7, 11) is 0. The van der Waals surface area contributed by atoms with E-state index in [2.05, 4.69) is 18.1 Å². The first-order chi connectivity index (χ1) is 2.27. The van der Waals surface area contributed by atoms with E-state index in [1.54, 1.807) is 0 Å². The van der Waals surface area contributed by atoms with E-state index in [0.29, 0.717) is 0 Å². The summed E-state index contributed by atoms with van der Waals surface area (Å²) in [5.74, 6) is 4.66. The van der Waals surface area contributed by atoms with Crippen molar-refractivity contribution in [1.82, 2.24) is 5.43 Å². The van der Waals surface area contributed by atoms with Crippen molar-refractivity contribution in [2.24, 2.45) is 11.6 Å².